The highest BCUT2D eigenvalue weighted by atomic mass is 16.5. The summed E-state index contributed by atoms with van der Waals surface area (Å²) in [6.07, 6.45) is 9.51. The zero-order valence-electron chi connectivity index (χ0n) is 28.1. The van der Waals surface area contributed by atoms with Crippen LogP contribution < -0.4 is 20.4 Å². The molecule has 0 aliphatic carbocycles. The molecule has 45 heavy (non-hydrogen) atoms. The second-order valence-electron chi connectivity index (χ2n) is 13.1. The third-order valence-corrected chi connectivity index (χ3v) is 10.0. The minimum absolute atomic E-state index is 0.201. The lowest BCUT2D eigenvalue weighted by Crippen LogP contribution is -2.50. The summed E-state index contributed by atoms with van der Waals surface area (Å²) in [5.41, 5.74) is 2.69. The van der Waals surface area contributed by atoms with Crippen molar-refractivity contribution in [3.63, 3.8) is 0 Å². The van der Waals surface area contributed by atoms with Crippen molar-refractivity contribution >= 4 is 30.0 Å². The van der Waals surface area contributed by atoms with Gasteiger partial charge < -0.3 is 30.0 Å². The molecule has 0 bridgehead atoms. The van der Waals surface area contributed by atoms with Crippen molar-refractivity contribution in [2.75, 3.05) is 90.5 Å². The molecule has 3 aliphatic rings. The Morgan fingerprint density at radius 2 is 1.82 bits per heavy atom. The van der Waals surface area contributed by atoms with Crippen LogP contribution in [0.25, 0.3) is 0 Å². The van der Waals surface area contributed by atoms with E-state index in [1.54, 1.807) is 7.05 Å². The molecule has 1 aromatic carbocycles. The Morgan fingerprint density at radius 3 is 2.51 bits per heavy atom. The first kappa shape index (κ1) is 35.3. The molecular weight excluding hydrogens is 570 g/mol. The highest BCUT2D eigenvalue weighted by Crippen LogP contribution is 2.33. The molecule has 252 valence electrons. The number of nitrogens with zero attached hydrogens (tertiary/aromatic N) is 5. The maximum atomic E-state index is 12.6. The molecule has 4 rings (SSSR count). The van der Waals surface area contributed by atoms with Gasteiger partial charge >= 0.3 is 0 Å². The van der Waals surface area contributed by atoms with Crippen LogP contribution in [0.2, 0.25) is 0 Å². The van der Waals surface area contributed by atoms with E-state index in [9.17, 15) is 14.4 Å². The molecule has 3 heterocycles. The molecule has 11 nitrogen and oxygen atoms in total. The van der Waals surface area contributed by atoms with Crippen molar-refractivity contribution in [2.24, 2.45) is 0 Å². The van der Waals surface area contributed by atoms with Crippen LogP contribution in [0.15, 0.2) is 18.2 Å². The van der Waals surface area contributed by atoms with Crippen LogP contribution in [-0.4, -0.2) is 138 Å². The Hall–Kier alpha value is -2.57. The number of carbonyl (C=O) groups excluding carboxylic acids is 3. The normalized spacial score (nSPS) is 22.1. The molecule has 3 saturated heterocycles. The van der Waals surface area contributed by atoms with Crippen molar-refractivity contribution < 1.29 is 19.1 Å². The lowest BCUT2D eigenvalue weighted by molar-refractivity contribution is -0.123. The highest BCUT2D eigenvalue weighted by Gasteiger charge is 2.36. The fourth-order valence-corrected chi connectivity index (χ4v) is 7.51. The SMILES string of the molecule is CNCCC(CCOCC1CCC2CCCN21)N1CCN(Cc2ccc(N(C=O)C(CCC=O)C(=O)NC)c(N(C)C)c2)CC1. The highest BCUT2D eigenvalue weighted by molar-refractivity contribution is 5.95. The van der Waals surface area contributed by atoms with Gasteiger partial charge in [0.05, 0.1) is 18.0 Å². The van der Waals surface area contributed by atoms with E-state index in [-0.39, 0.29) is 18.7 Å². The van der Waals surface area contributed by atoms with Crippen LogP contribution >= 0.6 is 0 Å². The van der Waals surface area contributed by atoms with Crippen molar-refractivity contribution in [3.05, 3.63) is 23.8 Å². The standard InChI is InChI=1S/C34H57N7O4/c1-35-15-13-28(14-22-45-25-30-11-10-29-7-5-16-40(29)30)39-19-17-38(18-20-39)24-27-9-12-31(33(23-27)37(3)4)41(26-43)32(8-6-21-42)34(44)36-2/h9,12,21,23,26,28-30,32,35H,5-8,10-11,13-20,22,24-25H2,1-4H3,(H,36,44). The van der Waals surface area contributed by atoms with Gasteiger partial charge in [-0.05, 0) is 82.8 Å². The van der Waals surface area contributed by atoms with Gasteiger partial charge in [0.1, 0.15) is 12.3 Å². The number of hydrogen-bond acceptors (Lipinski definition) is 9. The molecule has 3 fully saturated rings. The molecule has 2 amide bonds. The van der Waals surface area contributed by atoms with E-state index in [1.807, 2.05) is 38.2 Å². The van der Waals surface area contributed by atoms with E-state index in [1.165, 1.54) is 42.7 Å². The largest absolute Gasteiger partial charge is 0.380 e. The molecule has 0 radical (unpaired) electrons. The molecule has 0 saturated carbocycles. The summed E-state index contributed by atoms with van der Waals surface area (Å²) < 4.78 is 6.28. The number of rotatable bonds is 19. The van der Waals surface area contributed by atoms with Gasteiger partial charge in [0.15, 0.2) is 0 Å². The average Bonchev–Trinajstić information content (AvgIpc) is 3.68. The van der Waals surface area contributed by atoms with E-state index in [0.29, 0.717) is 24.2 Å². The number of piperazine rings is 1. The third-order valence-electron chi connectivity index (χ3n) is 10.0. The lowest BCUT2D eigenvalue weighted by Gasteiger charge is -2.39. The Kier molecular flexibility index (Phi) is 14.1. The van der Waals surface area contributed by atoms with Crippen molar-refractivity contribution in [2.45, 2.75) is 82.1 Å². The van der Waals surface area contributed by atoms with E-state index in [0.717, 1.165) is 83.3 Å². The number of benzene rings is 1. The Bertz CT molecular complexity index is 1080. The lowest BCUT2D eigenvalue weighted by atomic mass is 10.1. The van der Waals surface area contributed by atoms with Gasteiger partial charge in [-0.25, -0.2) is 0 Å². The molecule has 2 N–H and O–H groups in total. The summed E-state index contributed by atoms with van der Waals surface area (Å²) >= 11 is 0. The fraction of sp³-hybridized carbons (Fsp3) is 0.735. The molecule has 0 spiro atoms. The molecule has 4 unspecified atom stereocenters. The zero-order chi connectivity index (χ0) is 32.2. The molecule has 1 aromatic rings. The topological polar surface area (TPSA) is 101 Å². The van der Waals surface area contributed by atoms with Crippen LogP contribution in [0, 0.1) is 0 Å². The minimum Gasteiger partial charge on any atom is -0.380 e. The van der Waals surface area contributed by atoms with Crippen LogP contribution in [0.1, 0.15) is 56.9 Å². The summed E-state index contributed by atoms with van der Waals surface area (Å²) in [6.45, 7) is 8.87. The Balaban J connectivity index is 1.31. The van der Waals surface area contributed by atoms with Gasteiger partial charge in [0, 0.05) is 85.0 Å². The van der Waals surface area contributed by atoms with Crippen LogP contribution in [0.5, 0.6) is 0 Å². The van der Waals surface area contributed by atoms with Crippen LogP contribution in [0.3, 0.4) is 0 Å². The summed E-state index contributed by atoms with van der Waals surface area (Å²) in [4.78, 5) is 47.2. The molecular formula is C34H57N7O4. The number of carbonyl (C=O) groups is 3. The second-order valence-corrected chi connectivity index (χ2v) is 13.1. The number of amides is 2. The van der Waals surface area contributed by atoms with Gasteiger partial charge in [-0.2, -0.15) is 0 Å². The molecule has 3 aliphatic heterocycles. The monoisotopic (exact) mass is 627 g/mol. The first-order valence-electron chi connectivity index (χ1n) is 17.0. The maximum absolute atomic E-state index is 12.6. The minimum atomic E-state index is -0.753. The van der Waals surface area contributed by atoms with E-state index in [2.05, 4.69) is 31.4 Å². The number of nitrogens with one attached hydrogen (secondary N) is 2. The number of aldehydes is 1. The zero-order valence-corrected chi connectivity index (χ0v) is 28.1. The number of ether oxygens (including phenoxy) is 1. The third kappa shape index (κ3) is 9.48. The summed E-state index contributed by atoms with van der Waals surface area (Å²) in [7, 11) is 7.46. The van der Waals surface area contributed by atoms with E-state index >= 15 is 0 Å². The smallest absolute Gasteiger partial charge is 0.242 e. The summed E-state index contributed by atoms with van der Waals surface area (Å²) in [5, 5.41) is 5.98. The summed E-state index contributed by atoms with van der Waals surface area (Å²) in [6, 6.07) is 7.29. The number of anilines is 2. The van der Waals surface area contributed by atoms with E-state index in [4.69, 9.17) is 4.74 Å². The van der Waals surface area contributed by atoms with Crippen molar-refractivity contribution in [3.8, 4) is 0 Å². The number of hydrogen-bond donors (Lipinski definition) is 2. The van der Waals surface area contributed by atoms with Gasteiger partial charge in [0.2, 0.25) is 12.3 Å². The first-order valence-corrected chi connectivity index (χ1v) is 17.0. The second kappa shape index (κ2) is 17.9. The quantitative estimate of drug-likeness (QED) is 0.176. The van der Waals surface area contributed by atoms with Crippen LogP contribution in [0.4, 0.5) is 11.4 Å². The molecule has 0 aromatic heterocycles. The van der Waals surface area contributed by atoms with Crippen LogP contribution in [-0.2, 0) is 25.7 Å². The Morgan fingerprint density at radius 1 is 1.02 bits per heavy atom. The molecule has 4 atom stereocenters. The predicted molar refractivity (Wildman–Crippen MR) is 180 cm³/mol. The number of fused-ring (bicyclic) bond motifs is 1. The Labute approximate surface area is 270 Å². The number of likely N-dealkylation sites (N-methyl/N-ethyl adjacent to an activating group) is 1. The molecule has 11 heteroatoms. The summed E-state index contributed by atoms with van der Waals surface area (Å²) in [5.74, 6) is -0.288. The van der Waals surface area contributed by atoms with Gasteiger partial charge in [-0.3, -0.25) is 24.3 Å². The fourth-order valence-electron chi connectivity index (χ4n) is 7.51. The van der Waals surface area contributed by atoms with Crippen molar-refractivity contribution in [1.82, 2.24) is 25.3 Å². The van der Waals surface area contributed by atoms with E-state index < -0.39 is 6.04 Å². The first-order chi connectivity index (χ1) is 21.9. The van der Waals surface area contributed by atoms with Gasteiger partial charge in [-0.15, -0.1) is 0 Å². The predicted octanol–water partition coefficient (Wildman–Crippen LogP) is 1.94. The average molecular weight is 628 g/mol. The van der Waals surface area contributed by atoms with Gasteiger partial charge in [0.25, 0.3) is 0 Å². The maximum Gasteiger partial charge on any atom is 0.242 e. The van der Waals surface area contributed by atoms with Crippen molar-refractivity contribution in [1.29, 1.82) is 0 Å². The van der Waals surface area contributed by atoms with Gasteiger partial charge in [-0.1, -0.05) is 6.07 Å².